The van der Waals surface area contributed by atoms with E-state index in [0.717, 1.165) is 12.1 Å². The van der Waals surface area contributed by atoms with E-state index in [2.05, 4.69) is 26.0 Å². The van der Waals surface area contributed by atoms with Gasteiger partial charge < -0.3 is 10.1 Å². The van der Waals surface area contributed by atoms with Crippen molar-refractivity contribution >= 4 is 27.6 Å². The van der Waals surface area contributed by atoms with E-state index in [1.54, 1.807) is 6.92 Å². The molecule has 0 heterocycles. The first-order valence-corrected chi connectivity index (χ1v) is 6.57. The number of carbonyl (C=O) groups is 1. The van der Waals surface area contributed by atoms with E-state index >= 15 is 0 Å². The summed E-state index contributed by atoms with van der Waals surface area (Å²) < 4.78 is 42.8. The average Bonchev–Trinajstić information content (AvgIpc) is 2.33. The van der Waals surface area contributed by atoms with Gasteiger partial charge in [-0.2, -0.15) is 13.2 Å². The maximum atomic E-state index is 12.6. The quantitative estimate of drug-likeness (QED) is 0.643. The summed E-state index contributed by atoms with van der Waals surface area (Å²) in [6, 6.07) is 3.52. The second-order valence-electron chi connectivity index (χ2n) is 3.76. The summed E-state index contributed by atoms with van der Waals surface area (Å²) in [5.41, 5.74) is -0.441. The molecule has 0 amide bonds. The van der Waals surface area contributed by atoms with Gasteiger partial charge in [0.1, 0.15) is 0 Å². The van der Waals surface area contributed by atoms with Crippen LogP contribution in [0.15, 0.2) is 34.8 Å². The first kappa shape index (κ1) is 16.6. The number of hydrogen-bond donors (Lipinski definition) is 1. The van der Waals surface area contributed by atoms with Gasteiger partial charge in [-0.25, -0.2) is 4.79 Å². The molecule has 0 aliphatic heterocycles. The molecule has 20 heavy (non-hydrogen) atoms. The Morgan fingerprint density at radius 3 is 2.70 bits per heavy atom. The molecule has 0 aliphatic rings. The van der Waals surface area contributed by atoms with Gasteiger partial charge >= 0.3 is 12.1 Å². The maximum Gasteiger partial charge on any atom is 0.416 e. The van der Waals surface area contributed by atoms with Crippen molar-refractivity contribution in [2.24, 2.45) is 0 Å². The lowest BCUT2D eigenvalue weighted by atomic mass is 10.2. The Hall–Kier alpha value is -1.50. The SMILES string of the molecule is CCOC(=O)/C=C/CNc1cc(Br)cc(C(F)(F)F)c1. The third-order valence-corrected chi connectivity index (χ3v) is 2.65. The van der Waals surface area contributed by atoms with Gasteiger partial charge in [-0.15, -0.1) is 0 Å². The molecule has 3 nitrogen and oxygen atoms in total. The molecule has 1 aromatic carbocycles. The van der Waals surface area contributed by atoms with Crippen molar-refractivity contribution in [3.8, 4) is 0 Å². The topological polar surface area (TPSA) is 38.3 Å². The number of rotatable bonds is 5. The number of benzene rings is 1. The first-order chi connectivity index (χ1) is 9.32. The van der Waals surface area contributed by atoms with Gasteiger partial charge in [-0.3, -0.25) is 0 Å². The van der Waals surface area contributed by atoms with E-state index in [-0.39, 0.29) is 13.2 Å². The number of ether oxygens (including phenoxy) is 1. The maximum absolute atomic E-state index is 12.6. The summed E-state index contributed by atoms with van der Waals surface area (Å²) in [6.45, 7) is 2.17. The van der Waals surface area contributed by atoms with Crippen LogP contribution in [0.3, 0.4) is 0 Å². The van der Waals surface area contributed by atoms with Crippen molar-refractivity contribution in [2.45, 2.75) is 13.1 Å². The van der Waals surface area contributed by atoms with Crippen LogP contribution in [0.25, 0.3) is 0 Å². The Bertz CT molecular complexity index is 501. The second-order valence-corrected chi connectivity index (χ2v) is 4.68. The minimum absolute atomic E-state index is 0.215. The monoisotopic (exact) mass is 351 g/mol. The van der Waals surface area contributed by atoms with Gasteiger partial charge in [0, 0.05) is 22.8 Å². The Morgan fingerprint density at radius 2 is 2.10 bits per heavy atom. The molecule has 110 valence electrons. The largest absolute Gasteiger partial charge is 0.463 e. The van der Waals surface area contributed by atoms with Crippen LogP contribution in [0.4, 0.5) is 18.9 Å². The highest BCUT2D eigenvalue weighted by molar-refractivity contribution is 9.10. The normalized spacial score (nSPS) is 11.7. The van der Waals surface area contributed by atoms with Gasteiger partial charge in [-0.05, 0) is 25.1 Å². The number of carbonyl (C=O) groups excluding carboxylic acids is 1. The standard InChI is InChI=1S/C13H13BrF3NO2/c1-2-20-12(19)4-3-5-18-11-7-9(13(15,16)17)6-10(14)8-11/h3-4,6-8,18H,2,5H2,1H3/b4-3+. The number of alkyl halides is 3. The van der Waals surface area contributed by atoms with E-state index in [1.165, 1.54) is 18.2 Å². The number of hydrogen-bond acceptors (Lipinski definition) is 3. The fourth-order valence-electron chi connectivity index (χ4n) is 1.38. The van der Waals surface area contributed by atoms with Crippen molar-refractivity contribution in [2.75, 3.05) is 18.5 Å². The summed E-state index contributed by atoms with van der Waals surface area (Å²) in [4.78, 5) is 11.0. The van der Waals surface area contributed by atoms with Crippen molar-refractivity contribution in [3.05, 3.63) is 40.4 Å². The molecular weight excluding hydrogens is 339 g/mol. The van der Waals surface area contributed by atoms with E-state index in [9.17, 15) is 18.0 Å². The van der Waals surface area contributed by atoms with Gasteiger partial charge in [0.2, 0.25) is 0 Å². The van der Waals surface area contributed by atoms with Crippen LogP contribution in [0.5, 0.6) is 0 Å². The zero-order valence-corrected chi connectivity index (χ0v) is 12.2. The molecule has 0 aromatic heterocycles. The van der Waals surface area contributed by atoms with Gasteiger partial charge in [0.25, 0.3) is 0 Å². The minimum atomic E-state index is -4.40. The molecule has 0 fully saturated rings. The molecule has 0 bridgehead atoms. The third-order valence-electron chi connectivity index (χ3n) is 2.19. The van der Waals surface area contributed by atoms with E-state index in [4.69, 9.17) is 0 Å². The first-order valence-electron chi connectivity index (χ1n) is 5.78. The predicted octanol–water partition coefficient (Wildman–Crippen LogP) is 4.00. The molecule has 0 saturated carbocycles. The Kier molecular flexibility index (Phi) is 6.06. The molecule has 1 N–H and O–H groups in total. The van der Waals surface area contributed by atoms with Crippen LogP contribution in [0, 0.1) is 0 Å². The smallest absolute Gasteiger partial charge is 0.416 e. The van der Waals surface area contributed by atoms with Gasteiger partial charge in [-0.1, -0.05) is 22.0 Å². The van der Waals surface area contributed by atoms with Crippen molar-refractivity contribution in [1.82, 2.24) is 0 Å². The fraction of sp³-hybridized carbons (Fsp3) is 0.308. The van der Waals surface area contributed by atoms with E-state index in [0.29, 0.717) is 10.2 Å². The molecule has 7 heteroatoms. The highest BCUT2D eigenvalue weighted by atomic mass is 79.9. The lowest BCUT2D eigenvalue weighted by Gasteiger charge is -2.10. The third kappa shape index (κ3) is 5.64. The van der Waals surface area contributed by atoms with Gasteiger partial charge in [0.05, 0.1) is 12.2 Å². The summed E-state index contributed by atoms with van der Waals surface area (Å²) in [6.07, 6.45) is -1.70. The Balaban J connectivity index is 2.65. The van der Waals surface area contributed by atoms with Crippen LogP contribution in [-0.2, 0) is 15.7 Å². The molecule has 0 unspecified atom stereocenters. The number of anilines is 1. The van der Waals surface area contributed by atoms with E-state index in [1.807, 2.05) is 0 Å². The van der Waals surface area contributed by atoms with Crippen LogP contribution in [0.2, 0.25) is 0 Å². The van der Waals surface area contributed by atoms with Crippen LogP contribution in [0.1, 0.15) is 12.5 Å². The summed E-state index contributed by atoms with van der Waals surface area (Å²) in [7, 11) is 0. The Morgan fingerprint density at radius 1 is 1.40 bits per heavy atom. The van der Waals surface area contributed by atoms with E-state index < -0.39 is 17.7 Å². The van der Waals surface area contributed by atoms with Crippen molar-refractivity contribution in [1.29, 1.82) is 0 Å². The molecule has 1 rings (SSSR count). The second kappa shape index (κ2) is 7.33. The zero-order chi connectivity index (χ0) is 15.2. The number of nitrogens with one attached hydrogen (secondary N) is 1. The van der Waals surface area contributed by atoms with Crippen molar-refractivity contribution < 1.29 is 22.7 Å². The molecule has 0 radical (unpaired) electrons. The zero-order valence-electron chi connectivity index (χ0n) is 10.6. The molecule has 0 spiro atoms. The predicted molar refractivity (Wildman–Crippen MR) is 73.4 cm³/mol. The van der Waals surface area contributed by atoms with Gasteiger partial charge in [0.15, 0.2) is 0 Å². The number of esters is 1. The summed E-state index contributed by atoms with van der Waals surface area (Å²) >= 11 is 3.03. The van der Waals surface area contributed by atoms with Crippen LogP contribution >= 0.6 is 15.9 Å². The average molecular weight is 352 g/mol. The molecular formula is C13H13BrF3NO2. The fourth-order valence-corrected chi connectivity index (χ4v) is 1.87. The highest BCUT2D eigenvalue weighted by Crippen LogP contribution is 2.33. The molecule has 0 atom stereocenters. The Labute approximate surface area is 122 Å². The molecule has 0 aliphatic carbocycles. The summed E-state index contributed by atoms with van der Waals surface area (Å²) in [5.74, 6) is -0.487. The lowest BCUT2D eigenvalue weighted by Crippen LogP contribution is -2.07. The summed E-state index contributed by atoms with van der Waals surface area (Å²) in [5, 5.41) is 2.77. The van der Waals surface area contributed by atoms with Crippen LogP contribution < -0.4 is 5.32 Å². The molecule has 1 aromatic rings. The van der Waals surface area contributed by atoms with Crippen LogP contribution in [-0.4, -0.2) is 19.1 Å². The number of halogens is 4. The minimum Gasteiger partial charge on any atom is -0.463 e. The highest BCUT2D eigenvalue weighted by Gasteiger charge is 2.31. The van der Waals surface area contributed by atoms with Crippen molar-refractivity contribution in [3.63, 3.8) is 0 Å². The lowest BCUT2D eigenvalue weighted by molar-refractivity contribution is -0.138. The molecule has 0 saturated heterocycles.